The van der Waals surface area contributed by atoms with Crippen molar-refractivity contribution >= 4 is 16.9 Å². The molecule has 1 aromatic heterocycles. The number of hydrogen-bond donors (Lipinski definition) is 5. The molecule has 0 amide bonds. The highest BCUT2D eigenvalue weighted by Gasteiger charge is 2.48. The zero-order valence-corrected chi connectivity index (χ0v) is 20.9. The molecule has 1 saturated carbocycles. The lowest BCUT2D eigenvalue weighted by atomic mass is 9.99. The highest BCUT2D eigenvalue weighted by Crippen LogP contribution is 2.43. The van der Waals surface area contributed by atoms with Crippen LogP contribution < -0.4 is 19.6 Å². The third kappa shape index (κ3) is 5.11. The number of aliphatic hydroxyl groups excluding tert-OH is 3. The van der Waals surface area contributed by atoms with Crippen LogP contribution in [-0.4, -0.2) is 75.4 Å². The number of carboxylic acid groups (broad SMARTS) is 1. The number of benzene rings is 2. The Morgan fingerprint density at radius 1 is 0.974 bits per heavy atom. The number of aromatic hydroxyl groups is 1. The number of phenolic OH excluding ortho intramolecular Hbond substituents is 1. The Kier molecular flexibility index (Phi) is 7.36. The van der Waals surface area contributed by atoms with Crippen LogP contribution >= 0.6 is 0 Å². The molecule has 1 saturated heterocycles. The molecular weight excluding hydrogens is 516 g/mol. The Morgan fingerprint density at radius 2 is 1.67 bits per heavy atom. The van der Waals surface area contributed by atoms with Crippen LogP contribution in [0.4, 0.5) is 0 Å². The van der Waals surface area contributed by atoms with E-state index < -0.39 is 47.9 Å². The van der Waals surface area contributed by atoms with Gasteiger partial charge in [-0.25, -0.2) is 4.79 Å². The third-order valence-corrected chi connectivity index (χ3v) is 6.92. The predicted octanol–water partition coefficient (Wildman–Crippen LogP) is 1.77. The van der Waals surface area contributed by atoms with Crippen LogP contribution in [0.1, 0.15) is 25.7 Å². The monoisotopic (exact) mass is 544 g/mol. The van der Waals surface area contributed by atoms with Gasteiger partial charge in [-0.05, 0) is 49.9 Å². The van der Waals surface area contributed by atoms with Crippen LogP contribution in [-0.2, 0) is 9.53 Å². The molecule has 2 fully saturated rings. The van der Waals surface area contributed by atoms with E-state index in [1.807, 2.05) is 0 Å². The second kappa shape index (κ2) is 10.7. The van der Waals surface area contributed by atoms with Gasteiger partial charge in [-0.3, -0.25) is 4.79 Å². The molecular formula is C27H28O12. The summed E-state index contributed by atoms with van der Waals surface area (Å²) in [6.45, 7) is 0. The molecule has 5 N–H and O–H groups in total. The molecule has 5 atom stereocenters. The first-order valence-corrected chi connectivity index (χ1v) is 12.4. The van der Waals surface area contributed by atoms with Gasteiger partial charge >= 0.3 is 5.97 Å². The van der Waals surface area contributed by atoms with E-state index in [0.29, 0.717) is 11.3 Å². The minimum Gasteiger partial charge on any atom is -0.504 e. The maximum atomic E-state index is 13.0. The van der Waals surface area contributed by atoms with Crippen molar-refractivity contribution in [2.45, 2.75) is 62.5 Å². The van der Waals surface area contributed by atoms with Gasteiger partial charge in [0.15, 0.2) is 23.0 Å². The zero-order chi connectivity index (χ0) is 27.8. The predicted molar refractivity (Wildman–Crippen MR) is 134 cm³/mol. The van der Waals surface area contributed by atoms with Crippen molar-refractivity contribution in [3.63, 3.8) is 0 Å². The molecule has 2 heterocycles. The summed E-state index contributed by atoms with van der Waals surface area (Å²) < 4.78 is 27.8. The average molecular weight is 545 g/mol. The van der Waals surface area contributed by atoms with E-state index in [0.717, 1.165) is 25.7 Å². The molecule has 12 nitrogen and oxygen atoms in total. The number of aliphatic carboxylic acids is 1. The van der Waals surface area contributed by atoms with E-state index in [4.69, 9.17) is 23.4 Å². The number of phenols is 1. The average Bonchev–Trinajstić information content (AvgIpc) is 3.42. The summed E-state index contributed by atoms with van der Waals surface area (Å²) in [6, 6.07) is 9.45. The fourth-order valence-corrected chi connectivity index (χ4v) is 4.86. The number of methoxy groups -OCH3 is 1. The molecule has 0 unspecified atom stereocenters. The quantitative estimate of drug-likeness (QED) is 0.291. The van der Waals surface area contributed by atoms with Gasteiger partial charge in [-0.2, -0.15) is 0 Å². The summed E-state index contributed by atoms with van der Waals surface area (Å²) in [5.74, 6) is -1.92. The second-order valence-corrected chi connectivity index (χ2v) is 9.51. The van der Waals surface area contributed by atoms with Gasteiger partial charge in [0.1, 0.15) is 40.8 Å². The highest BCUT2D eigenvalue weighted by molar-refractivity contribution is 5.89. The van der Waals surface area contributed by atoms with E-state index in [1.165, 1.54) is 19.2 Å². The molecule has 1 aliphatic heterocycles. The standard InChI is InChI=1S/C27H28O12/c1-35-24-18(38-27-23(32)21(30)22(31)25(39-27)26(33)34)11-17-19(20(24)29)15(28)10-16(37-17)12-6-8-14(9-7-12)36-13-4-2-3-5-13/h6-11,13,21-23,25,27,29-32H,2-5H2,1H3,(H,33,34)/t21-,22+,23-,25+,27-/m1/s1. The fourth-order valence-electron chi connectivity index (χ4n) is 4.86. The van der Waals surface area contributed by atoms with Gasteiger partial charge < -0.3 is 48.9 Å². The largest absolute Gasteiger partial charge is 0.504 e. The number of carbonyl (C=O) groups is 1. The molecule has 0 spiro atoms. The minimum absolute atomic E-state index is 0.0993. The number of rotatable bonds is 7. The van der Waals surface area contributed by atoms with E-state index in [9.17, 15) is 35.1 Å². The van der Waals surface area contributed by atoms with Crippen molar-refractivity contribution in [3.05, 3.63) is 46.6 Å². The van der Waals surface area contributed by atoms with Gasteiger partial charge in [0.2, 0.25) is 12.0 Å². The van der Waals surface area contributed by atoms with Gasteiger partial charge in [-0.1, -0.05) is 0 Å². The Morgan fingerprint density at radius 3 is 2.31 bits per heavy atom. The Hall–Kier alpha value is -3.84. The van der Waals surface area contributed by atoms with Crippen molar-refractivity contribution in [3.8, 4) is 34.3 Å². The lowest BCUT2D eigenvalue weighted by molar-refractivity contribution is -0.271. The van der Waals surface area contributed by atoms with E-state index in [2.05, 4.69) is 0 Å². The van der Waals surface area contributed by atoms with Crippen molar-refractivity contribution < 1.29 is 53.7 Å². The maximum Gasteiger partial charge on any atom is 0.335 e. The second-order valence-electron chi connectivity index (χ2n) is 9.51. The SMILES string of the molecule is COc1c(O[C@@H]2O[C@H](C(=O)O)[C@@H](O)[C@@H](O)[C@H]2O)cc2oc(-c3ccc(OC4CCCC4)cc3)cc(=O)c2c1O. The number of hydrogen-bond acceptors (Lipinski definition) is 11. The first-order valence-electron chi connectivity index (χ1n) is 12.4. The summed E-state index contributed by atoms with van der Waals surface area (Å²) >= 11 is 0. The van der Waals surface area contributed by atoms with Crippen LogP contribution in [0.15, 0.2) is 45.6 Å². The molecule has 1 aliphatic carbocycles. The molecule has 5 rings (SSSR count). The van der Waals surface area contributed by atoms with Gasteiger partial charge in [0.25, 0.3) is 0 Å². The van der Waals surface area contributed by atoms with Crippen molar-refractivity contribution in [1.29, 1.82) is 0 Å². The van der Waals surface area contributed by atoms with Crippen LogP contribution in [0.5, 0.6) is 23.0 Å². The van der Waals surface area contributed by atoms with E-state index >= 15 is 0 Å². The van der Waals surface area contributed by atoms with E-state index in [1.54, 1.807) is 24.3 Å². The molecule has 2 aromatic carbocycles. The Labute approximate surface area is 221 Å². The lowest BCUT2D eigenvalue weighted by Crippen LogP contribution is -2.61. The van der Waals surface area contributed by atoms with Crippen LogP contribution in [0.25, 0.3) is 22.3 Å². The fraction of sp³-hybridized carbons (Fsp3) is 0.407. The Balaban J connectivity index is 1.48. The van der Waals surface area contributed by atoms with Crippen LogP contribution in [0.2, 0.25) is 0 Å². The normalized spacial score (nSPS) is 25.5. The number of aliphatic hydroxyl groups is 3. The molecule has 39 heavy (non-hydrogen) atoms. The third-order valence-electron chi connectivity index (χ3n) is 6.92. The summed E-state index contributed by atoms with van der Waals surface area (Å²) in [4.78, 5) is 24.4. The summed E-state index contributed by atoms with van der Waals surface area (Å²) in [5.41, 5.74) is -0.103. The van der Waals surface area contributed by atoms with Crippen LogP contribution in [0.3, 0.4) is 0 Å². The van der Waals surface area contributed by atoms with Crippen molar-refractivity contribution in [1.82, 2.24) is 0 Å². The molecule has 12 heteroatoms. The molecule has 0 radical (unpaired) electrons. The van der Waals surface area contributed by atoms with Gasteiger partial charge in [0, 0.05) is 17.7 Å². The maximum absolute atomic E-state index is 13.0. The molecule has 208 valence electrons. The van der Waals surface area contributed by atoms with Gasteiger partial charge in [0.05, 0.1) is 13.2 Å². The van der Waals surface area contributed by atoms with Crippen LogP contribution in [0, 0.1) is 0 Å². The lowest BCUT2D eigenvalue weighted by Gasteiger charge is -2.38. The minimum atomic E-state index is -1.92. The smallest absolute Gasteiger partial charge is 0.335 e. The molecule has 3 aromatic rings. The summed E-state index contributed by atoms with van der Waals surface area (Å²) in [5, 5.41) is 50.2. The van der Waals surface area contributed by atoms with Crippen molar-refractivity contribution in [2.75, 3.05) is 7.11 Å². The first-order chi connectivity index (χ1) is 18.7. The highest BCUT2D eigenvalue weighted by atomic mass is 16.7. The number of fused-ring (bicyclic) bond motifs is 1. The summed E-state index contributed by atoms with van der Waals surface area (Å²) in [7, 11) is 1.19. The number of ether oxygens (including phenoxy) is 4. The molecule has 2 aliphatic rings. The zero-order valence-electron chi connectivity index (χ0n) is 20.9. The van der Waals surface area contributed by atoms with E-state index in [-0.39, 0.29) is 34.3 Å². The Bertz CT molecular complexity index is 1410. The van der Waals surface area contributed by atoms with Crippen molar-refractivity contribution in [2.24, 2.45) is 0 Å². The summed E-state index contributed by atoms with van der Waals surface area (Å²) in [6.07, 6.45) is -4.87. The topological polar surface area (TPSA) is 185 Å². The van der Waals surface area contributed by atoms with Gasteiger partial charge in [-0.15, -0.1) is 0 Å². The first kappa shape index (κ1) is 26.8. The number of carboxylic acids is 1. The molecule has 0 bridgehead atoms.